The van der Waals surface area contributed by atoms with Crippen molar-refractivity contribution in [2.75, 3.05) is 46.8 Å². The second kappa shape index (κ2) is 12.3. The number of nitrogens with one attached hydrogen (secondary N) is 2. The van der Waals surface area contributed by atoms with Crippen LogP contribution >= 0.6 is 24.0 Å². The van der Waals surface area contributed by atoms with Gasteiger partial charge in [0.15, 0.2) is 5.96 Å². The van der Waals surface area contributed by atoms with Gasteiger partial charge in [0.1, 0.15) is 0 Å². The number of guanidine groups is 1. The molecule has 1 aromatic carbocycles. The Kier molecular flexibility index (Phi) is 10.9. The molecule has 1 aliphatic rings. The molecule has 10 heteroatoms. The highest BCUT2D eigenvalue weighted by atomic mass is 127. The van der Waals surface area contributed by atoms with Gasteiger partial charge in [-0.1, -0.05) is 12.1 Å². The average molecular weight is 541 g/mol. The van der Waals surface area contributed by atoms with Crippen LogP contribution in [0.15, 0.2) is 29.3 Å². The topological polar surface area (TPSA) is 60.0 Å². The molecule has 1 unspecified atom stereocenters. The van der Waals surface area contributed by atoms with E-state index in [4.69, 9.17) is 0 Å². The summed E-state index contributed by atoms with van der Waals surface area (Å²) < 4.78 is 37.5. The van der Waals surface area contributed by atoms with Crippen LogP contribution in [0, 0.1) is 5.92 Å². The van der Waals surface area contributed by atoms with Gasteiger partial charge < -0.3 is 15.5 Å². The summed E-state index contributed by atoms with van der Waals surface area (Å²) in [5, 5.41) is 6.39. The van der Waals surface area contributed by atoms with Gasteiger partial charge in [0.2, 0.25) is 0 Å². The first kappa shape index (κ1) is 26.5. The quantitative estimate of drug-likeness (QED) is 0.317. The molecule has 6 nitrogen and oxygen atoms in total. The summed E-state index contributed by atoms with van der Waals surface area (Å²) in [5.74, 6) is 0.749. The van der Waals surface area contributed by atoms with Crippen LogP contribution in [0.3, 0.4) is 0 Å². The molecule has 1 aromatic rings. The van der Waals surface area contributed by atoms with E-state index in [1.165, 1.54) is 9.80 Å². The first-order valence-corrected chi connectivity index (χ1v) is 9.80. The number of rotatable bonds is 7. The van der Waals surface area contributed by atoms with Crippen LogP contribution in [-0.4, -0.2) is 74.7 Å². The van der Waals surface area contributed by atoms with E-state index < -0.39 is 12.7 Å². The minimum atomic E-state index is -4.15. The fourth-order valence-corrected chi connectivity index (χ4v) is 3.24. The minimum Gasteiger partial charge on any atom is -0.357 e. The maximum Gasteiger partial charge on any atom is 0.401 e. The van der Waals surface area contributed by atoms with Crippen molar-refractivity contribution in [1.82, 2.24) is 20.4 Å². The van der Waals surface area contributed by atoms with Crippen molar-refractivity contribution < 1.29 is 18.0 Å². The highest BCUT2D eigenvalue weighted by Gasteiger charge is 2.34. The number of hydrogen-bond donors (Lipinski definition) is 2. The molecular formula is C20H31F3IN5O. The Bertz CT molecular complexity index is 695. The highest BCUT2D eigenvalue weighted by Crippen LogP contribution is 2.22. The summed E-state index contributed by atoms with van der Waals surface area (Å²) in [5.41, 5.74) is 1.59. The van der Waals surface area contributed by atoms with Crippen LogP contribution in [0.25, 0.3) is 0 Å². The van der Waals surface area contributed by atoms with Crippen molar-refractivity contribution >= 4 is 35.8 Å². The number of likely N-dealkylation sites (tertiary alicyclic amines) is 1. The Balaban J connectivity index is 0.00000450. The molecule has 0 aliphatic carbocycles. The molecule has 170 valence electrons. The highest BCUT2D eigenvalue weighted by molar-refractivity contribution is 14.0. The van der Waals surface area contributed by atoms with Gasteiger partial charge in [0.25, 0.3) is 5.91 Å². The van der Waals surface area contributed by atoms with Gasteiger partial charge in [-0.25, -0.2) is 4.99 Å². The van der Waals surface area contributed by atoms with Gasteiger partial charge in [-0.05, 0) is 43.5 Å². The summed E-state index contributed by atoms with van der Waals surface area (Å²) in [6.07, 6.45) is -3.41. The monoisotopic (exact) mass is 541 g/mol. The Hall–Kier alpha value is -1.56. The second-order valence-electron chi connectivity index (χ2n) is 7.48. The third-order valence-electron chi connectivity index (χ3n) is 4.70. The molecule has 2 rings (SSSR count). The van der Waals surface area contributed by atoms with Gasteiger partial charge in [-0.15, -0.1) is 24.0 Å². The molecule has 0 radical (unpaired) electrons. The zero-order valence-electron chi connectivity index (χ0n) is 17.6. The zero-order chi connectivity index (χ0) is 21.4. The molecule has 1 aliphatic heterocycles. The van der Waals surface area contributed by atoms with E-state index in [1.807, 2.05) is 19.1 Å². The Morgan fingerprint density at radius 3 is 2.47 bits per heavy atom. The van der Waals surface area contributed by atoms with E-state index >= 15 is 0 Å². The first-order chi connectivity index (χ1) is 13.7. The molecule has 1 fully saturated rings. The van der Waals surface area contributed by atoms with Crippen molar-refractivity contribution in [3.8, 4) is 0 Å². The predicted octanol–water partition coefficient (Wildman–Crippen LogP) is 2.95. The largest absolute Gasteiger partial charge is 0.401 e. The number of benzene rings is 1. The van der Waals surface area contributed by atoms with E-state index in [9.17, 15) is 18.0 Å². The lowest BCUT2D eigenvalue weighted by molar-refractivity contribution is -0.143. The normalized spacial score (nSPS) is 17.4. The predicted molar refractivity (Wildman–Crippen MR) is 123 cm³/mol. The average Bonchev–Trinajstić information content (AvgIpc) is 3.09. The number of carbonyl (C=O) groups is 1. The molecule has 1 heterocycles. The third-order valence-corrected chi connectivity index (χ3v) is 4.70. The van der Waals surface area contributed by atoms with Crippen LogP contribution in [-0.2, 0) is 6.54 Å². The standard InChI is InChI=1S/C20H30F3N5O.HI/c1-4-24-19(26-12-16-9-10-28(13-16)14-20(21,22)23)25-11-15-5-7-17(8-6-15)18(29)27(2)3;/h5-8,16H,4,9-14H2,1-3H3,(H2,24,25,26);1H. The summed E-state index contributed by atoms with van der Waals surface area (Å²) in [4.78, 5) is 19.4. The molecule has 0 saturated carbocycles. The Morgan fingerprint density at radius 2 is 1.90 bits per heavy atom. The van der Waals surface area contributed by atoms with E-state index in [2.05, 4.69) is 15.6 Å². The number of carbonyl (C=O) groups excluding carboxylic acids is 1. The van der Waals surface area contributed by atoms with Crippen molar-refractivity contribution in [2.45, 2.75) is 26.1 Å². The first-order valence-electron chi connectivity index (χ1n) is 9.80. The lowest BCUT2D eigenvalue weighted by Crippen LogP contribution is -2.40. The van der Waals surface area contributed by atoms with Gasteiger partial charge in [0.05, 0.1) is 13.1 Å². The third kappa shape index (κ3) is 9.07. The lowest BCUT2D eigenvalue weighted by Gasteiger charge is -2.18. The minimum absolute atomic E-state index is 0. The number of aliphatic imine (C=N–C) groups is 1. The Labute approximate surface area is 193 Å². The van der Waals surface area contributed by atoms with E-state index in [0.717, 1.165) is 12.0 Å². The molecule has 1 atom stereocenters. The van der Waals surface area contributed by atoms with Crippen LogP contribution in [0.2, 0.25) is 0 Å². The molecule has 1 amide bonds. The van der Waals surface area contributed by atoms with Crippen LogP contribution < -0.4 is 10.6 Å². The van der Waals surface area contributed by atoms with E-state index in [1.54, 1.807) is 26.2 Å². The number of hydrogen-bond acceptors (Lipinski definition) is 3. The van der Waals surface area contributed by atoms with E-state index in [0.29, 0.717) is 44.2 Å². The summed E-state index contributed by atoms with van der Waals surface area (Å²) in [7, 11) is 3.42. The van der Waals surface area contributed by atoms with Crippen LogP contribution in [0.1, 0.15) is 29.3 Å². The van der Waals surface area contributed by atoms with E-state index in [-0.39, 0.29) is 35.8 Å². The zero-order valence-corrected chi connectivity index (χ0v) is 20.0. The summed E-state index contributed by atoms with van der Waals surface area (Å²) in [6, 6.07) is 7.30. The van der Waals surface area contributed by atoms with Crippen molar-refractivity contribution in [2.24, 2.45) is 10.9 Å². The molecular weight excluding hydrogens is 510 g/mol. The maximum atomic E-state index is 12.5. The fourth-order valence-electron chi connectivity index (χ4n) is 3.24. The maximum absolute atomic E-state index is 12.5. The van der Waals surface area contributed by atoms with Crippen LogP contribution in [0.5, 0.6) is 0 Å². The summed E-state index contributed by atoms with van der Waals surface area (Å²) >= 11 is 0. The van der Waals surface area contributed by atoms with Gasteiger partial charge in [-0.2, -0.15) is 13.2 Å². The smallest absolute Gasteiger partial charge is 0.357 e. The molecule has 0 spiro atoms. The van der Waals surface area contributed by atoms with Gasteiger partial charge >= 0.3 is 6.18 Å². The van der Waals surface area contributed by atoms with Crippen LogP contribution in [0.4, 0.5) is 13.2 Å². The summed E-state index contributed by atoms with van der Waals surface area (Å²) in [6.45, 7) is 3.73. The molecule has 1 saturated heterocycles. The Morgan fingerprint density at radius 1 is 1.23 bits per heavy atom. The number of alkyl halides is 3. The van der Waals surface area contributed by atoms with Gasteiger partial charge in [0, 0.05) is 39.3 Å². The fraction of sp³-hybridized carbons (Fsp3) is 0.600. The van der Waals surface area contributed by atoms with Gasteiger partial charge in [-0.3, -0.25) is 9.69 Å². The second-order valence-corrected chi connectivity index (χ2v) is 7.48. The molecule has 0 aromatic heterocycles. The molecule has 2 N–H and O–H groups in total. The SMILES string of the molecule is CCNC(=NCc1ccc(C(=O)N(C)C)cc1)NCC1CCN(CC(F)(F)F)C1.I. The van der Waals surface area contributed by atoms with Crippen molar-refractivity contribution in [3.63, 3.8) is 0 Å². The number of nitrogens with zero attached hydrogens (tertiary/aromatic N) is 3. The molecule has 0 bridgehead atoms. The van der Waals surface area contributed by atoms with Crippen molar-refractivity contribution in [1.29, 1.82) is 0 Å². The number of halogens is 4. The lowest BCUT2D eigenvalue weighted by atomic mass is 10.1. The number of amides is 1. The van der Waals surface area contributed by atoms with Crippen molar-refractivity contribution in [3.05, 3.63) is 35.4 Å². The molecule has 30 heavy (non-hydrogen) atoms.